The van der Waals surface area contributed by atoms with Crippen molar-refractivity contribution in [2.75, 3.05) is 0 Å². The molecule has 0 amide bonds. The zero-order chi connectivity index (χ0) is 12.6. The van der Waals surface area contributed by atoms with Crippen LogP contribution in [0.4, 0.5) is 13.2 Å². The summed E-state index contributed by atoms with van der Waals surface area (Å²) < 4.78 is 36.6. The third-order valence-corrected chi connectivity index (χ3v) is 3.16. The molecule has 1 heterocycles. The maximum Gasteiger partial charge on any atom is 0.390 e. The SMILES string of the molecule is O=c1[nH]c2ccc(C(Br)CC(F)(F)F)cc2[nH]1. The lowest BCUT2D eigenvalue weighted by Gasteiger charge is -2.12. The first kappa shape index (κ1) is 12.2. The van der Waals surface area contributed by atoms with Gasteiger partial charge in [-0.1, -0.05) is 22.0 Å². The molecule has 1 aromatic carbocycles. The van der Waals surface area contributed by atoms with E-state index in [0.717, 1.165) is 0 Å². The number of nitrogens with one attached hydrogen (secondary N) is 2. The molecule has 0 aliphatic heterocycles. The van der Waals surface area contributed by atoms with E-state index in [2.05, 4.69) is 25.9 Å². The summed E-state index contributed by atoms with van der Waals surface area (Å²) in [6, 6.07) is 4.66. The van der Waals surface area contributed by atoms with Gasteiger partial charge in [0.25, 0.3) is 0 Å². The van der Waals surface area contributed by atoms with Crippen LogP contribution in [0.1, 0.15) is 16.8 Å². The molecule has 3 nitrogen and oxygen atoms in total. The van der Waals surface area contributed by atoms with Crippen molar-refractivity contribution in [3.63, 3.8) is 0 Å². The third-order valence-electron chi connectivity index (χ3n) is 2.31. The highest BCUT2D eigenvalue weighted by molar-refractivity contribution is 9.09. The van der Waals surface area contributed by atoms with Gasteiger partial charge in [-0.2, -0.15) is 13.2 Å². The molecule has 0 radical (unpaired) electrons. The molecule has 0 aliphatic carbocycles. The highest BCUT2D eigenvalue weighted by Crippen LogP contribution is 2.35. The summed E-state index contributed by atoms with van der Waals surface area (Å²) in [5, 5.41) is 0. The van der Waals surface area contributed by atoms with E-state index >= 15 is 0 Å². The van der Waals surface area contributed by atoms with E-state index in [9.17, 15) is 18.0 Å². The van der Waals surface area contributed by atoms with Gasteiger partial charge in [-0.05, 0) is 17.7 Å². The molecule has 2 aromatic rings. The second kappa shape index (κ2) is 4.21. The molecule has 1 atom stereocenters. The van der Waals surface area contributed by atoms with Gasteiger partial charge in [-0.25, -0.2) is 4.79 Å². The fourth-order valence-corrected chi connectivity index (χ4v) is 2.22. The lowest BCUT2D eigenvalue weighted by molar-refractivity contribution is -0.134. The van der Waals surface area contributed by atoms with Gasteiger partial charge in [0.2, 0.25) is 0 Å². The van der Waals surface area contributed by atoms with Crippen LogP contribution in [0.5, 0.6) is 0 Å². The molecule has 0 fully saturated rings. The number of alkyl halides is 4. The Hall–Kier alpha value is -1.24. The molecule has 17 heavy (non-hydrogen) atoms. The van der Waals surface area contributed by atoms with Crippen molar-refractivity contribution in [1.82, 2.24) is 9.97 Å². The number of benzene rings is 1. The second-order valence-electron chi connectivity index (χ2n) is 3.67. The van der Waals surface area contributed by atoms with Crippen LogP contribution in [0.15, 0.2) is 23.0 Å². The molecule has 92 valence electrons. The van der Waals surface area contributed by atoms with Crippen LogP contribution in [-0.2, 0) is 0 Å². The van der Waals surface area contributed by atoms with Gasteiger partial charge in [0, 0.05) is 4.83 Å². The van der Waals surface area contributed by atoms with Crippen LogP contribution in [0.2, 0.25) is 0 Å². The van der Waals surface area contributed by atoms with E-state index in [1.807, 2.05) is 0 Å². The van der Waals surface area contributed by atoms with Crippen LogP contribution >= 0.6 is 15.9 Å². The van der Waals surface area contributed by atoms with Gasteiger partial charge < -0.3 is 9.97 Å². The minimum absolute atomic E-state index is 0.376. The number of imidazole rings is 1. The number of hydrogen-bond donors (Lipinski definition) is 2. The standard InChI is InChI=1S/C10H8BrF3N2O/c11-6(4-10(12,13)14)5-1-2-7-8(3-5)16-9(17)15-7/h1-3,6H,4H2,(H2,15,16,17). The molecular weight excluding hydrogens is 301 g/mol. The lowest BCUT2D eigenvalue weighted by atomic mass is 10.1. The first-order chi connectivity index (χ1) is 7.85. The highest BCUT2D eigenvalue weighted by atomic mass is 79.9. The van der Waals surface area contributed by atoms with Gasteiger partial charge in [0.05, 0.1) is 17.5 Å². The summed E-state index contributed by atoms with van der Waals surface area (Å²) in [6.45, 7) is 0. The van der Waals surface area contributed by atoms with Crippen LogP contribution in [0, 0.1) is 0 Å². The maximum absolute atomic E-state index is 12.2. The molecule has 0 spiro atoms. The molecule has 0 aliphatic rings. The highest BCUT2D eigenvalue weighted by Gasteiger charge is 2.31. The topological polar surface area (TPSA) is 48.6 Å². The minimum Gasteiger partial charge on any atom is -0.306 e. The number of hydrogen-bond acceptors (Lipinski definition) is 1. The molecule has 0 saturated carbocycles. The van der Waals surface area contributed by atoms with Gasteiger partial charge in [-0.15, -0.1) is 0 Å². The monoisotopic (exact) mass is 308 g/mol. The fourth-order valence-electron chi connectivity index (χ4n) is 1.57. The zero-order valence-corrected chi connectivity index (χ0v) is 10.0. The van der Waals surface area contributed by atoms with E-state index < -0.39 is 17.4 Å². The molecule has 2 rings (SSSR count). The molecule has 1 unspecified atom stereocenters. The van der Waals surface area contributed by atoms with Gasteiger partial charge >= 0.3 is 11.9 Å². The smallest absolute Gasteiger partial charge is 0.306 e. The first-order valence-electron chi connectivity index (χ1n) is 4.78. The van der Waals surface area contributed by atoms with E-state index in [1.165, 1.54) is 6.07 Å². The predicted molar refractivity (Wildman–Crippen MR) is 61.3 cm³/mol. The Bertz CT molecular complexity index is 587. The summed E-state index contributed by atoms with van der Waals surface area (Å²) >= 11 is 2.99. The Morgan fingerprint density at radius 2 is 1.88 bits per heavy atom. The molecule has 1 aromatic heterocycles. The van der Waals surface area contributed by atoms with Crippen molar-refractivity contribution in [2.24, 2.45) is 0 Å². The van der Waals surface area contributed by atoms with E-state index in [4.69, 9.17) is 0 Å². The van der Waals surface area contributed by atoms with Crippen LogP contribution in [0.3, 0.4) is 0 Å². The maximum atomic E-state index is 12.2. The predicted octanol–water partition coefficient (Wildman–Crippen LogP) is 3.24. The van der Waals surface area contributed by atoms with Crippen molar-refractivity contribution < 1.29 is 13.2 Å². The van der Waals surface area contributed by atoms with Crippen molar-refractivity contribution in [3.8, 4) is 0 Å². The van der Waals surface area contributed by atoms with Gasteiger partial charge in [0.1, 0.15) is 0 Å². The molecule has 0 bridgehead atoms. The van der Waals surface area contributed by atoms with Crippen molar-refractivity contribution in [3.05, 3.63) is 34.2 Å². The summed E-state index contributed by atoms with van der Waals surface area (Å²) in [5.41, 5.74) is 1.17. The number of halogens is 4. The summed E-state index contributed by atoms with van der Waals surface area (Å²) in [6.07, 6.45) is -5.18. The number of aromatic nitrogens is 2. The second-order valence-corrected chi connectivity index (χ2v) is 4.78. The largest absolute Gasteiger partial charge is 0.390 e. The summed E-state index contributed by atoms with van der Waals surface area (Å²) in [7, 11) is 0. The summed E-state index contributed by atoms with van der Waals surface area (Å²) in [4.78, 5) is 15.2. The average molecular weight is 309 g/mol. The van der Waals surface area contributed by atoms with E-state index in [1.54, 1.807) is 12.1 Å². The Morgan fingerprint density at radius 3 is 2.53 bits per heavy atom. The number of aromatic amines is 2. The van der Waals surface area contributed by atoms with Crippen molar-refractivity contribution >= 4 is 27.0 Å². The van der Waals surface area contributed by atoms with Crippen LogP contribution in [-0.4, -0.2) is 16.1 Å². The van der Waals surface area contributed by atoms with Crippen molar-refractivity contribution in [2.45, 2.75) is 17.4 Å². The number of fused-ring (bicyclic) bond motifs is 1. The minimum atomic E-state index is -4.23. The molecule has 2 N–H and O–H groups in total. The van der Waals surface area contributed by atoms with Crippen LogP contribution in [0.25, 0.3) is 11.0 Å². The molecule has 0 saturated heterocycles. The zero-order valence-electron chi connectivity index (χ0n) is 8.44. The Balaban J connectivity index is 2.32. The number of rotatable bonds is 2. The molecular formula is C10H8BrF3N2O. The van der Waals surface area contributed by atoms with Gasteiger partial charge in [-0.3, -0.25) is 0 Å². The molecule has 7 heteroatoms. The summed E-state index contributed by atoms with van der Waals surface area (Å²) in [5.74, 6) is 0. The first-order valence-corrected chi connectivity index (χ1v) is 5.69. The third kappa shape index (κ3) is 2.91. The Labute approximate surface area is 102 Å². The van der Waals surface area contributed by atoms with E-state index in [0.29, 0.717) is 16.6 Å². The quantitative estimate of drug-likeness (QED) is 0.822. The van der Waals surface area contributed by atoms with Gasteiger partial charge in [0.15, 0.2) is 0 Å². The average Bonchev–Trinajstić information content (AvgIpc) is 2.53. The van der Waals surface area contributed by atoms with Crippen molar-refractivity contribution in [1.29, 1.82) is 0 Å². The lowest BCUT2D eigenvalue weighted by Crippen LogP contribution is -2.10. The van der Waals surface area contributed by atoms with Crippen LogP contribution < -0.4 is 5.69 Å². The normalized spacial score (nSPS) is 14.1. The van der Waals surface area contributed by atoms with E-state index in [-0.39, 0.29) is 5.69 Å². The Morgan fingerprint density at radius 1 is 1.24 bits per heavy atom. The number of H-pyrrole nitrogens is 2. The fraction of sp³-hybridized carbons (Fsp3) is 0.300. The Kier molecular flexibility index (Phi) is 3.03.